The molecule has 0 bridgehead atoms. The second kappa shape index (κ2) is 7.00. The second-order valence-electron chi connectivity index (χ2n) is 6.37. The summed E-state index contributed by atoms with van der Waals surface area (Å²) in [5.74, 6) is 0.0670. The molecule has 0 aromatic heterocycles. The zero-order valence-corrected chi connectivity index (χ0v) is 13.2. The Hall–Kier alpha value is -1.19. The van der Waals surface area contributed by atoms with Crippen LogP contribution in [0.1, 0.15) is 57.0 Å². The first-order valence-corrected chi connectivity index (χ1v) is 7.31. The minimum Gasteiger partial charge on any atom is -0.395 e. The van der Waals surface area contributed by atoms with E-state index in [1.54, 1.807) is 0 Å². The Labute approximate surface area is 122 Å². The van der Waals surface area contributed by atoms with Gasteiger partial charge in [-0.2, -0.15) is 0 Å². The van der Waals surface area contributed by atoms with E-state index in [9.17, 15) is 9.90 Å². The highest BCUT2D eigenvalue weighted by Gasteiger charge is 2.19. The number of carbonyl (C=O) groups is 1. The Kier molecular flexibility index (Phi) is 5.90. The molecule has 0 aliphatic heterocycles. The third-order valence-corrected chi connectivity index (χ3v) is 3.63. The summed E-state index contributed by atoms with van der Waals surface area (Å²) < 4.78 is 0. The number of carbonyl (C=O) groups excluding carboxylic acids is 1. The molecular weight excluding hydrogens is 250 g/mol. The highest BCUT2D eigenvalue weighted by atomic mass is 16.3. The first-order chi connectivity index (χ1) is 9.29. The Balaban J connectivity index is 2.77. The summed E-state index contributed by atoms with van der Waals surface area (Å²) >= 11 is 0. The van der Waals surface area contributed by atoms with Crippen LogP contribution < -0.4 is 5.32 Å². The molecule has 1 aromatic rings. The molecule has 0 aliphatic carbocycles. The molecule has 20 heavy (non-hydrogen) atoms. The van der Waals surface area contributed by atoms with Gasteiger partial charge in [0, 0.05) is 11.6 Å². The van der Waals surface area contributed by atoms with Gasteiger partial charge in [-0.25, -0.2) is 0 Å². The van der Waals surface area contributed by atoms with Crippen molar-refractivity contribution in [2.45, 2.75) is 58.5 Å². The maximum atomic E-state index is 12.3. The van der Waals surface area contributed by atoms with Crippen molar-refractivity contribution in [2.75, 3.05) is 6.61 Å². The van der Waals surface area contributed by atoms with Gasteiger partial charge in [-0.05, 0) is 24.3 Å². The lowest BCUT2D eigenvalue weighted by molar-refractivity contribution is 0.0936. The first kappa shape index (κ1) is 16.9. The highest BCUT2D eigenvalue weighted by Crippen LogP contribution is 2.22. The number of hydrogen-bond donors (Lipinski definition) is 2. The molecule has 1 aromatic carbocycles. The molecule has 0 fully saturated rings. The molecule has 2 atom stereocenters. The largest absolute Gasteiger partial charge is 0.395 e. The van der Waals surface area contributed by atoms with E-state index >= 15 is 0 Å². The number of benzene rings is 1. The van der Waals surface area contributed by atoms with Crippen LogP contribution in [0.25, 0.3) is 0 Å². The number of ketones is 1. The van der Waals surface area contributed by atoms with Crippen molar-refractivity contribution in [1.82, 2.24) is 5.32 Å². The summed E-state index contributed by atoms with van der Waals surface area (Å²) in [6.07, 6.45) is 0.803. The van der Waals surface area contributed by atoms with E-state index in [4.69, 9.17) is 0 Å². The topological polar surface area (TPSA) is 49.3 Å². The van der Waals surface area contributed by atoms with E-state index in [-0.39, 0.29) is 29.9 Å². The van der Waals surface area contributed by atoms with Crippen LogP contribution in [0, 0.1) is 0 Å². The van der Waals surface area contributed by atoms with Gasteiger partial charge in [-0.1, -0.05) is 52.0 Å². The van der Waals surface area contributed by atoms with Crippen molar-refractivity contribution in [3.8, 4) is 0 Å². The molecule has 0 spiro atoms. The van der Waals surface area contributed by atoms with Crippen molar-refractivity contribution >= 4 is 5.78 Å². The maximum absolute atomic E-state index is 12.3. The van der Waals surface area contributed by atoms with E-state index in [1.807, 2.05) is 38.1 Å². The number of aliphatic hydroxyl groups excluding tert-OH is 1. The number of nitrogens with one attached hydrogen (secondary N) is 1. The molecule has 0 saturated carbocycles. The van der Waals surface area contributed by atoms with Gasteiger partial charge in [-0.15, -0.1) is 0 Å². The van der Waals surface area contributed by atoms with E-state index in [0.29, 0.717) is 5.56 Å². The van der Waals surface area contributed by atoms with Crippen LogP contribution in [0.2, 0.25) is 0 Å². The van der Waals surface area contributed by atoms with E-state index in [1.165, 1.54) is 5.56 Å². The van der Waals surface area contributed by atoms with Gasteiger partial charge in [0.1, 0.15) is 0 Å². The van der Waals surface area contributed by atoms with Crippen LogP contribution in [0.4, 0.5) is 0 Å². The van der Waals surface area contributed by atoms with Crippen molar-refractivity contribution < 1.29 is 9.90 Å². The van der Waals surface area contributed by atoms with E-state index < -0.39 is 0 Å². The lowest BCUT2D eigenvalue weighted by Crippen LogP contribution is -2.43. The van der Waals surface area contributed by atoms with Crippen LogP contribution in [0.5, 0.6) is 0 Å². The molecule has 2 unspecified atom stereocenters. The number of aliphatic hydroxyl groups is 1. The zero-order chi connectivity index (χ0) is 15.3. The molecular formula is C17H27NO2. The summed E-state index contributed by atoms with van der Waals surface area (Å²) in [5.41, 5.74) is 2.03. The first-order valence-electron chi connectivity index (χ1n) is 7.31. The molecule has 112 valence electrons. The van der Waals surface area contributed by atoms with Gasteiger partial charge < -0.3 is 10.4 Å². The normalized spacial score (nSPS) is 14.9. The van der Waals surface area contributed by atoms with Gasteiger partial charge in [0.15, 0.2) is 5.78 Å². The quantitative estimate of drug-likeness (QED) is 0.786. The molecule has 2 N–H and O–H groups in total. The van der Waals surface area contributed by atoms with Crippen molar-refractivity contribution in [3.05, 3.63) is 35.4 Å². The van der Waals surface area contributed by atoms with Gasteiger partial charge in [0.2, 0.25) is 0 Å². The van der Waals surface area contributed by atoms with Gasteiger partial charge in [0.25, 0.3) is 0 Å². The molecule has 0 heterocycles. The number of rotatable bonds is 6. The molecule has 3 nitrogen and oxygen atoms in total. The molecule has 3 heteroatoms. The third kappa shape index (κ3) is 4.43. The predicted octanol–water partition coefficient (Wildman–Crippen LogP) is 2.92. The summed E-state index contributed by atoms with van der Waals surface area (Å²) in [4.78, 5) is 12.3. The monoisotopic (exact) mass is 277 g/mol. The summed E-state index contributed by atoms with van der Waals surface area (Å²) in [7, 11) is 0. The van der Waals surface area contributed by atoms with Crippen molar-refractivity contribution in [3.63, 3.8) is 0 Å². The fraction of sp³-hybridized carbons (Fsp3) is 0.588. The highest BCUT2D eigenvalue weighted by molar-refractivity contribution is 5.99. The third-order valence-electron chi connectivity index (χ3n) is 3.63. The van der Waals surface area contributed by atoms with Gasteiger partial charge >= 0.3 is 0 Å². The lowest BCUT2D eigenvalue weighted by Gasteiger charge is -2.21. The zero-order valence-electron chi connectivity index (χ0n) is 13.2. The molecule has 1 rings (SSSR count). The summed E-state index contributed by atoms with van der Waals surface area (Å²) in [6, 6.07) is 7.50. The fourth-order valence-electron chi connectivity index (χ4n) is 2.11. The van der Waals surface area contributed by atoms with Gasteiger partial charge in [-0.3, -0.25) is 4.79 Å². The minimum atomic E-state index is -0.285. The average Bonchev–Trinajstić information content (AvgIpc) is 2.42. The molecule has 0 radical (unpaired) electrons. The Morgan fingerprint density at radius 1 is 1.25 bits per heavy atom. The van der Waals surface area contributed by atoms with E-state index in [2.05, 4.69) is 26.1 Å². The average molecular weight is 277 g/mol. The Morgan fingerprint density at radius 3 is 2.20 bits per heavy atom. The molecule has 0 aliphatic rings. The fourth-order valence-corrected chi connectivity index (χ4v) is 2.11. The lowest BCUT2D eigenvalue weighted by atomic mass is 9.86. The molecule has 0 amide bonds. The number of hydrogen-bond acceptors (Lipinski definition) is 3. The Bertz CT molecular complexity index is 427. The van der Waals surface area contributed by atoms with Crippen LogP contribution in [-0.2, 0) is 5.41 Å². The number of Topliss-reactive ketones (excluding diaryl/α,β-unsaturated/α-hetero) is 1. The minimum absolute atomic E-state index is 0.0252. The van der Waals surface area contributed by atoms with Gasteiger partial charge in [0.05, 0.1) is 12.6 Å². The summed E-state index contributed by atoms with van der Waals surface area (Å²) in [6.45, 7) is 10.3. The smallest absolute Gasteiger partial charge is 0.179 e. The predicted molar refractivity (Wildman–Crippen MR) is 83.2 cm³/mol. The van der Waals surface area contributed by atoms with Crippen LogP contribution in [-0.4, -0.2) is 29.6 Å². The second-order valence-corrected chi connectivity index (χ2v) is 6.37. The van der Waals surface area contributed by atoms with Crippen LogP contribution in [0.15, 0.2) is 24.3 Å². The van der Waals surface area contributed by atoms with Crippen LogP contribution >= 0.6 is 0 Å². The van der Waals surface area contributed by atoms with Crippen LogP contribution in [0.3, 0.4) is 0 Å². The van der Waals surface area contributed by atoms with Crippen molar-refractivity contribution in [2.24, 2.45) is 0 Å². The van der Waals surface area contributed by atoms with Crippen molar-refractivity contribution in [1.29, 1.82) is 0 Å². The Morgan fingerprint density at radius 2 is 1.80 bits per heavy atom. The van der Waals surface area contributed by atoms with E-state index in [0.717, 1.165) is 6.42 Å². The molecule has 0 saturated heterocycles. The summed E-state index contributed by atoms with van der Waals surface area (Å²) in [5, 5.41) is 12.3. The maximum Gasteiger partial charge on any atom is 0.179 e. The standard InChI is InChI=1S/C17H27NO2/c1-6-15(11-19)18-12(2)16(20)13-7-9-14(10-8-13)17(3,4)5/h7-10,12,15,18-19H,6,11H2,1-5H3. The SMILES string of the molecule is CCC(CO)NC(C)C(=O)c1ccc(C(C)(C)C)cc1.